The molecule has 0 aromatic heterocycles. The molecule has 1 aliphatic rings. The first kappa shape index (κ1) is 13.3. The van der Waals surface area contributed by atoms with Crippen molar-refractivity contribution in [2.45, 2.75) is 38.0 Å². The van der Waals surface area contributed by atoms with Gasteiger partial charge in [-0.1, -0.05) is 6.92 Å². The molecular weight excluding hydrogens is 208 g/mol. The van der Waals surface area contributed by atoms with Crippen molar-refractivity contribution in [1.29, 1.82) is 0 Å². The number of hydrogen-bond donors (Lipinski definition) is 2. The van der Waals surface area contributed by atoms with Gasteiger partial charge in [0, 0.05) is 30.9 Å². The highest BCUT2D eigenvalue weighted by atomic mass is 32.2. The van der Waals surface area contributed by atoms with Gasteiger partial charge in [0.2, 0.25) is 0 Å². The van der Waals surface area contributed by atoms with Gasteiger partial charge in [0.15, 0.2) is 0 Å². The molecular formula is C11H24N2OS. The normalized spacial score (nSPS) is 28.6. The van der Waals surface area contributed by atoms with Crippen LogP contribution < -0.4 is 5.32 Å². The van der Waals surface area contributed by atoms with E-state index in [1.54, 1.807) is 0 Å². The van der Waals surface area contributed by atoms with Crippen molar-refractivity contribution < 1.29 is 5.11 Å². The second-order valence-electron chi connectivity index (χ2n) is 4.45. The highest BCUT2D eigenvalue weighted by Gasteiger charge is 2.24. The standard InChI is InChI=1S/C11H24N2OS/c1-4-10(8-15-3)13(2)7-9-5-11(14)6-12-9/h9-12,14H,4-8H2,1-3H3. The highest BCUT2D eigenvalue weighted by molar-refractivity contribution is 7.98. The average molecular weight is 232 g/mol. The quantitative estimate of drug-likeness (QED) is 0.709. The lowest BCUT2D eigenvalue weighted by Gasteiger charge is -2.29. The molecule has 0 aromatic carbocycles. The molecule has 0 radical (unpaired) electrons. The Hall–Kier alpha value is 0.230. The number of thioether (sulfide) groups is 1. The average Bonchev–Trinajstić information content (AvgIpc) is 2.60. The Balaban J connectivity index is 2.29. The second-order valence-corrected chi connectivity index (χ2v) is 5.36. The van der Waals surface area contributed by atoms with E-state index in [-0.39, 0.29) is 6.10 Å². The van der Waals surface area contributed by atoms with Crippen LogP contribution in [0.4, 0.5) is 0 Å². The van der Waals surface area contributed by atoms with E-state index in [1.807, 2.05) is 11.8 Å². The molecule has 0 amide bonds. The Morgan fingerprint density at radius 3 is 2.80 bits per heavy atom. The van der Waals surface area contributed by atoms with Crippen molar-refractivity contribution in [1.82, 2.24) is 10.2 Å². The van der Waals surface area contributed by atoms with Crippen LogP contribution in [-0.2, 0) is 0 Å². The maximum absolute atomic E-state index is 9.43. The molecule has 0 aliphatic carbocycles. The number of β-amino-alcohol motifs (C(OH)–C–C–N with tert-alkyl or cyclic N) is 1. The van der Waals surface area contributed by atoms with Gasteiger partial charge in [-0.25, -0.2) is 0 Å². The van der Waals surface area contributed by atoms with Crippen LogP contribution in [-0.4, -0.2) is 60.3 Å². The Kier molecular flexibility index (Phi) is 5.97. The molecule has 2 N–H and O–H groups in total. The van der Waals surface area contributed by atoms with E-state index >= 15 is 0 Å². The van der Waals surface area contributed by atoms with E-state index in [4.69, 9.17) is 0 Å². The first-order valence-electron chi connectivity index (χ1n) is 5.78. The summed E-state index contributed by atoms with van der Waals surface area (Å²) in [6, 6.07) is 1.14. The zero-order valence-corrected chi connectivity index (χ0v) is 10.9. The number of aliphatic hydroxyl groups excluding tert-OH is 1. The van der Waals surface area contributed by atoms with Crippen LogP contribution in [0.2, 0.25) is 0 Å². The molecule has 4 heteroatoms. The monoisotopic (exact) mass is 232 g/mol. The summed E-state index contributed by atoms with van der Waals surface area (Å²) in [4.78, 5) is 2.42. The Labute approximate surface area is 97.6 Å². The molecule has 0 spiro atoms. The fraction of sp³-hybridized carbons (Fsp3) is 1.00. The maximum atomic E-state index is 9.43. The molecule has 1 fully saturated rings. The number of rotatable bonds is 6. The first-order valence-corrected chi connectivity index (χ1v) is 7.17. The van der Waals surface area contributed by atoms with E-state index in [1.165, 1.54) is 12.2 Å². The lowest BCUT2D eigenvalue weighted by molar-refractivity contribution is 0.185. The van der Waals surface area contributed by atoms with Gasteiger partial charge in [-0.2, -0.15) is 11.8 Å². The molecule has 1 heterocycles. The Bertz CT molecular complexity index is 180. The predicted octanol–water partition coefficient (Wildman–Crippen LogP) is 0.783. The Morgan fingerprint density at radius 1 is 1.60 bits per heavy atom. The van der Waals surface area contributed by atoms with E-state index in [0.717, 1.165) is 19.5 Å². The smallest absolute Gasteiger partial charge is 0.0680 e. The lowest BCUT2D eigenvalue weighted by Crippen LogP contribution is -2.41. The molecule has 3 nitrogen and oxygen atoms in total. The van der Waals surface area contributed by atoms with Crippen LogP contribution in [0.25, 0.3) is 0 Å². The summed E-state index contributed by atoms with van der Waals surface area (Å²) in [5.41, 5.74) is 0. The van der Waals surface area contributed by atoms with Crippen LogP contribution in [0, 0.1) is 0 Å². The minimum atomic E-state index is -0.135. The zero-order valence-electron chi connectivity index (χ0n) is 10.1. The second kappa shape index (κ2) is 6.74. The molecule has 0 aromatic rings. The summed E-state index contributed by atoms with van der Waals surface area (Å²) < 4.78 is 0. The van der Waals surface area contributed by atoms with Gasteiger partial charge < -0.3 is 15.3 Å². The van der Waals surface area contributed by atoms with Crippen molar-refractivity contribution in [3.05, 3.63) is 0 Å². The third kappa shape index (κ3) is 4.31. The van der Waals surface area contributed by atoms with Gasteiger partial charge in [0.25, 0.3) is 0 Å². The largest absolute Gasteiger partial charge is 0.392 e. The molecule has 1 saturated heterocycles. The summed E-state index contributed by atoms with van der Waals surface area (Å²) in [5.74, 6) is 1.20. The highest BCUT2D eigenvalue weighted by Crippen LogP contribution is 2.12. The van der Waals surface area contributed by atoms with Gasteiger partial charge in [-0.15, -0.1) is 0 Å². The van der Waals surface area contributed by atoms with Crippen molar-refractivity contribution in [3.63, 3.8) is 0 Å². The minimum absolute atomic E-state index is 0.135. The predicted molar refractivity (Wildman–Crippen MR) is 67.5 cm³/mol. The number of likely N-dealkylation sites (N-methyl/N-ethyl adjacent to an activating group) is 1. The first-order chi connectivity index (χ1) is 7.17. The number of nitrogens with zero attached hydrogens (tertiary/aromatic N) is 1. The molecule has 90 valence electrons. The summed E-state index contributed by atoms with van der Waals surface area (Å²) in [6.07, 6.45) is 4.13. The molecule has 3 unspecified atom stereocenters. The summed E-state index contributed by atoms with van der Waals surface area (Å²) in [7, 11) is 2.19. The molecule has 3 atom stereocenters. The fourth-order valence-corrected chi connectivity index (χ4v) is 3.06. The lowest BCUT2D eigenvalue weighted by atomic mass is 10.1. The summed E-state index contributed by atoms with van der Waals surface area (Å²) >= 11 is 1.91. The van der Waals surface area contributed by atoms with Crippen molar-refractivity contribution >= 4 is 11.8 Å². The minimum Gasteiger partial charge on any atom is -0.392 e. The topological polar surface area (TPSA) is 35.5 Å². The third-order valence-corrected chi connectivity index (χ3v) is 3.88. The van der Waals surface area contributed by atoms with Crippen molar-refractivity contribution in [2.75, 3.05) is 32.1 Å². The van der Waals surface area contributed by atoms with Crippen molar-refractivity contribution in [2.24, 2.45) is 0 Å². The van der Waals surface area contributed by atoms with E-state index in [2.05, 4.69) is 30.4 Å². The SMILES string of the molecule is CCC(CSC)N(C)CC1CC(O)CN1. The van der Waals surface area contributed by atoms with Crippen molar-refractivity contribution in [3.8, 4) is 0 Å². The van der Waals surface area contributed by atoms with Gasteiger partial charge in [-0.3, -0.25) is 0 Å². The number of aliphatic hydroxyl groups is 1. The van der Waals surface area contributed by atoms with E-state index in [9.17, 15) is 5.11 Å². The molecule has 0 saturated carbocycles. The van der Waals surface area contributed by atoms with E-state index in [0.29, 0.717) is 12.1 Å². The van der Waals surface area contributed by atoms with Gasteiger partial charge in [0.05, 0.1) is 6.10 Å². The number of hydrogen-bond acceptors (Lipinski definition) is 4. The molecule has 0 bridgehead atoms. The van der Waals surface area contributed by atoms with Gasteiger partial charge >= 0.3 is 0 Å². The maximum Gasteiger partial charge on any atom is 0.0680 e. The van der Waals surface area contributed by atoms with Crippen LogP contribution in [0.5, 0.6) is 0 Å². The number of nitrogens with one attached hydrogen (secondary N) is 1. The van der Waals surface area contributed by atoms with Gasteiger partial charge in [-0.05, 0) is 26.1 Å². The molecule has 1 rings (SSSR count). The summed E-state index contributed by atoms with van der Waals surface area (Å²) in [6.45, 7) is 4.06. The third-order valence-electron chi connectivity index (χ3n) is 3.16. The van der Waals surface area contributed by atoms with Crippen LogP contribution >= 0.6 is 11.8 Å². The summed E-state index contributed by atoms with van der Waals surface area (Å²) in [5, 5.41) is 12.8. The van der Waals surface area contributed by atoms with Crippen LogP contribution in [0.3, 0.4) is 0 Å². The van der Waals surface area contributed by atoms with Crippen LogP contribution in [0.15, 0.2) is 0 Å². The zero-order chi connectivity index (χ0) is 11.3. The molecule has 1 aliphatic heterocycles. The van der Waals surface area contributed by atoms with E-state index < -0.39 is 0 Å². The van der Waals surface area contributed by atoms with Gasteiger partial charge in [0.1, 0.15) is 0 Å². The molecule has 15 heavy (non-hydrogen) atoms. The fourth-order valence-electron chi connectivity index (χ4n) is 2.18. The Morgan fingerprint density at radius 2 is 2.33 bits per heavy atom. The van der Waals surface area contributed by atoms with Crippen LogP contribution in [0.1, 0.15) is 19.8 Å².